The van der Waals surface area contributed by atoms with E-state index in [1.165, 1.54) is 11.3 Å². The van der Waals surface area contributed by atoms with Crippen LogP contribution in [0.25, 0.3) is 21.3 Å². The van der Waals surface area contributed by atoms with Crippen molar-refractivity contribution < 1.29 is 42.9 Å². The molecule has 2 atom stereocenters. The number of halogens is 1. The van der Waals surface area contributed by atoms with E-state index in [0.717, 1.165) is 125 Å². The summed E-state index contributed by atoms with van der Waals surface area (Å²) in [5, 5.41) is 3.58. The maximum Gasteiger partial charge on any atom is 0.358 e. The third-order valence-electron chi connectivity index (χ3n) is 16.5. The highest BCUT2D eigenvalue weighted by Crippen LogP contribution is 2.37. The van der Waals surface area contributed by atoms with E-state index in [0.29, 0.717) is 98.2 Å². The van der Waals surface area contributed by atoms with Crippen molar-refractivity contribution in [3.8, 4) is 22.6 Å². The highest BCUT2D eigenvalue weighted by molar-refractivity contribution is 9.10. The van der Waals surface area contributed by atoms with Crippen molar-refractivity contribution in [3.05, 3.63) is 129 Å². The monoisotopic (exact) mass is 1230 g/mol. The van der Waals surface area contributed by atoms with Gasteiger partial charge < -0.3 is 28.6 Å². The van der Waals surface area contributed by atoms with Gasteiger partial charge in [-0.15, -0.1) is 0 Å². The Labute approximate surface area is 509 Å². The Morgan fingerprint density at radius 3 is 1.87 bits per heavy atom. The summed E-state index contributed by atoms with van der Waals surface area (Å²) in [4.78, 5) is 67.3. The Bertz CT molecular complexity index is 3170. The van der Waals surface area contributed by atoms with Crippen LogP contribution in [0.5, 0.6) is 11.5 Å². The van der Waals surface area contributed by atoms with Gasteiger partial charge in [-0.25, -0.2) is 14.8 Å². The Balaban J connectivity index is 0.000000307. The van der Waals surface area contributed by atoms with Gasteiger partial charge in [0.2, 0.25) is 0 Å². The molecule has 0 saturated carbocycles. The maximum atomic E-state index is 13.9. The van der Waals surface area contributed by atoms with Gasteiger partial charge in [0.05, 0.1) is 49.7 Å². The summed E-state index contributed by atoms with van der Waals surface area (Å²) in [6.07, 6.45) is 7.10. The van der Waals surface area contributed by atoms with Crippen LogP contribution < -0.4 is 19.7 Å². The normalized spacial score (nSPS) is 16.0. The number of aromatic nitrogens is 2. The summed E-state index contributed by atoms with van der Waals surface area (Å²) in [5.74, 6) is 3.80. The molecule has 0 radical (unpaired) electrons. The topological polar surface area (TPSA) is 162 Å². The van der Waals surface area contributed by atoms with E-state index in [4.69, 9.17) is 28.7 Å². The highest BCUT2D eigenvalue weighted by Gasteiger charge is 2.30. The summed E-state index contributed by atoms with van der Waals surface area (Å²) in [6, 6.07) is 29.6. The van der Waals surface area contributed by atoms with Gasteiger partial charge in [-0.05, 0) is 214 Å². The molecule has 9 rings (SSSR count). The number of pyridine rings is 1. The largest absolute Gasteiger partial charge is 0.493 e. The molecule has 450 valence electrons. The number of carbonyl (C=O) groups is 4. The predicted octanol–water partition coefficient (Wildman–Crippen LogP) is 13.6. The molecule has 6 aromatic rings. The van der Waals surface area contributed by atoms with E-state index in [1.54, 1.807) is 0 Å². The van der Waals surface area contributed by atoms with E-state index in [9.17, 15) is 19.2 Å². The number of amides is 1. The molecule has 0 bridgehead atoms. The van der Waals surface area contributed by atoms with E-state index < -0.39 is 11.6 Å². The first-order chi connectivity index (χ1) is 40.4. The Hall–Kier alpha value is -6.40. The predicted molar refractivity (Wildman–Crippen MR) is 337 cm³/mol. The number of nitrogens with one attached hydrogen (secondary N) is 1. The lowest BCUT2D eigenvalue weighted by Gasteiger charge is -2.34. The molecule has 3 aliphatic rings. The lowest BCUT2D eigenvalue weighted by Crippen LogP contribution is -2.39. The second-order valence-electron chi connectivity index (χ2n) is 23.5. The fourth-order valence-electron chi connectivity index (χ4n) is 11.5. The molecule has 15 nitrogen and oxygen atoms in total. The van der Waals surface area contributed by atoms with Crippen molar-refractivity contribution in [2.75, 3.05) is 82.5 Å². The minimum absolute atomic E-state index is 0.105. The quantitative estimate of drug-likeness (QED) is 0.0535. The summed E-state index contributed by atoms with van der Waals surface area (Å²) >= 11 is 4.99. The number of benzene rings is 4. The van der Waals surface area contributed by atoms with Crippen molar-refractivity contribution in [3.63, 3.8) is 0 Å². The number of carbonyl (C=O) groups excluding carboxylic acids is 4. The minimum atomic E-state index is -0.726. The number of fused-ring (bicyclic) bond motifs is 2. The molecule has 2 saturated heterocycles. The number of anilines is 2. The molecule has 2 fully saturated rings. The van der Waals surface area contributed by atoms with Gasteiger partial charge in [-0.3, -0.25) is 29.5 Å². The van der Waals surface area contributed by atoms with Gasteiger partial charge in [0, 0.05) is 34.3 Å². The number of rotatable bonds is 21. The van der Waals surface area contributed by atoms with Crippen LogP contribution in [0.4, 0.5) is 10.9 Å². The first-order valence-corrected chi connectivity index (χ1v) is 31.6. The molecule has 17 heteroatoms. The molecular formula is C67H85BrN6O9S. The number of likely N-dealkylation sites (tertiary alicyclic amines) is 2. The van der Waals surface area contributed by atoms with Crippen LogP contribution in [0, 0.1) is 37.5 Å². The standard InChI is InChI=1S/C47H55N5O6S.C20H30BrNO3/c1-7-56-42(53)29-51-24-20-32(21-25-51)30(2)23-27-57-39-16-11-13-34(31(39)3)35-18-19-41(49-43(35)45(55)58-47(4,5)6)52-26-22-33-12-10-14-36(37(33)28-52)44(54)50-46-48-38-15-8-9-17-40(38)59-46;1-4-24-20(23)14-22-11-8-17(9-12-22)15(2)10-13-25-19-7-5-6-18(21)16(19)3/h8-19,30,32H,7,20-29H2,1-6H3,(H,48,50,54);5-7,15,17H,4,8-14H2,1-3H3. The van der Waals surface area contributed by atoms with E-state index in [2.05, 4.69) is 67.8 Å². The van der Waals surface area contributed by atoms with Crippen molar-refractivity contribution in [1.82, 2.24) is 19.8 Å². The zero-order valence-corrected chi connectivity index (χ0v) is 53.0. The lowest BCUT2D eigenvalue weighted by atomic mass is 9.84. The second-order valence-corrected chi connectivity index (χ2v) is 25.4. The van der Waals surface area contributed by atoms with E-state index in [1.807, 2.05) is 126 Å². The van der Waals surface area contributed by atoms with Gasteiger partial charge >= 0.3 is 17.9 Å². The van der Waals surface area contributed by atoms with Crippen molar-refractivity contribution in [1.29, 1.82) is 0 Å². The summed E-state index contributed by atoms with van der Waals surface area (Å²) in [6.45, 7) is 25.8. The minimum Gasteiger partial charge on any atom is -0.493 e. The van der Waals surface area contributed by atoms with Gasteiger partial charge in [0.25, 0.3) is 5.91 Å². The van der Waals surface area contributed by atoms with Crippen molar-refractivity contribution in [2.24, 2.45) is 23.7 Å². The van der Waals surface area contributed by atoms with Crippen LogP contribution in [0.15, 0.2) is 95.5 Å². The number of hydrogen-bond donors (Lipinski definition) is 1. The van der Waals surface area contributed by atoms with Gasteiger partial charge in [-0.1, -0.05) is 83.6 Å². The molecule has 4 aromatic carbocycles. The Morgan fingerprint density at radius 2 is 1.27 bits per heavy atom. The number of thiazole rings is 1. The molecule has 1 N–H and O–H groups in total. The lowest BCUT2D eigenvalue weighted by molar-refractivity contribution is -0.145. The second kappa shape index (κ2) is 30.1. The van der Waals surface area contributed by atoms with Crippen LogP contribution in [-0.2, 0) is 36.8 Å². The summed E-state index contributed by atoms with van der Waals surface area (Å²) in [7, 11) is 0. The first kappa shape index (κ1) is 63.6. The van der Waals surface area contributed by atoms with E-state index >= 15 is 0 Å². The number of ether oxygens (including phenoxy) is 5. The first-order valence-electron chi connectivity index (χ1n) is 30.0. The molecule has 2 aromatic heterocycles. The molecule has 5 heterocycles. The Morgan fingerprint density at radius 1 is 0.690 bits per heavy atom. The molecule has 0 spiro atoms. The summed E-state index contributed by atoms with van der Waals surface area (Å²) < 4.78 is 30.6. The number of nitrogens with zero attached hydrogens (tertiary/aromatic N) is 5. The van der Waals surface area contributed by atoms with Gasteiger partial charge in [-0.2, -0.15) is 0 Å². The van der Waals surface area contributed by atoms with Crippen LogP contribution in [0.2, 0.25) is 0 Å². The van der Waals surface area contributed by atoms with Crippen LogP contribution in [0.3, 0.4) is 0 Å². The fraction of sp³-hybridized carbons (Fsp3) is 0.493. The van der Waals surface area contributed by atoms with Gasteiger partial charge in [0.15, 0.2) is 10.8 Å². The zero-order chi connectivity index (χ0) is 59.9. The van der Waals surface area contributed by atoms with Crippen molar-refractivity contribution >= 4 is 72.2 Å². The third-order valence-corrected chi connectivity index (χ3v) is 18.3. The van der Waals surface area contributed by atoms with Crippen LogP contribution >= 0.6 is 27.3 Å². The zero-order valence-electron chi connectivity index (χ0n) is 50.6. The summed E-state index contributed by atoms with van der Waals surface area (Å²) in [5.41, 5.74) is 6.57. The SMILES string of the molecule is CCOC(=O)CN1CCC(C(C)CCOc2cccc(-c3ccc(N4CCc5cccc(C(=O)Nc6nc7ccccc7s6)c5C4)nc3C(=O)OC(C)(C)C)c2C)CC1.CCOC(=O)CN1CCC(C(C)CCOc2cccc(Br)c2C)CC1. The van der Waals surface area contributed by atoms with Crippen LogP contribution in [0.1, 0.15) is 130 Å². The molecule has 1 amide bonds. The fourth-order valence-corrected chi connectivity index (χ4v) is 12.7. The average Bonchev–Trinajstić information content (AvgIpc) is 3.34. The number of hydrogen-bond acceptors (Lipinski definition) is 15. The molecule has 2 unspecified atom stereocenters. The van der Waals surface area contributed by atoms with Crippen molar-refractivity contribution in [2.45, 2.75) is 119 Å². The molecule has 84 heavy (non-hydrogen) atoms. The smallest absolute Gasteiger partial charge is 0.358 e. The molecular weight excluding hydrogens is 1140 g/mol. The highest BCUT2D eigenvalue weighted by atomic mass is 79.9. The number of piperidine rings is 2. The average molecular weight is 1230 g/mol. The van der Waals surface area contributed by atoms with Crippen LogP contribution in [-0.4, -0.2) is 121 Å². The third kappa shape index (κ3) is 17.4. The van der Waals surface area contributed by atoms with Gasteiger partial charge in [0.1, 0.15) is 22.9 Å². The maximum absolute atomic E-state index is 13.9. The molecule has 3 aliphatic heterocycles. The number of esters is 3. The van der Waals surface area contributed by atoms with E-state index in [-0.39, 0.29) is 23.5 Å². The molecule has 0 aliphatic carbocycles. The number of para-hydroxylation sites is 1. The Kier molecular flexibility index (Phi) is 22.8.